The predicted octanol–water partition coefficient (Wildman–Crippen LogP) is 3.98. The maximum absolute atomic E-state index is 14.5. The fraction of sp³-hybridized carbons (Fsp3) is 0.238. The van der Waals surface area contributed by atoms with Gasteiger partial charge in [0.15, 0.2) is 5.96 Å². The molecule has 3 aromatic rings. The van der Waals surface area contributed by atoms with Crippen LogP contribution in [-0.4, -0.2) is 29.1 Å². The van der Waals surface area contributed by atoms with E-state index in [0.29, 0.717) is 24.7 Å². The Hall–Kier alpha value is -2.49. The first kappa shape index (κ1) is 22.8. The molecule has 0 radical (unpaired) electrons. The van der Waals surface area contributed by atoms with E-state index in [2.05, 4.69) is 20.6 Å². The van der Waals surface area contributed by atoms with Crippen LogP contribution in [0.25, 0.3) is 5.69 Å². The zero-order valence-electron chi connectivity index (χ0n) is 16.3. The van der Waals surface area contributed by atoms with Gasteiger partial charge in [-0.15, -0.1) is 24.0 Å². The summed E-state index contributed by atoms with van der Waals surface area (Å²) in [5.41, 5.74) is 2.32. The maximum atomic E-state index is 14.5. The number of imidazole rings is 1. The zero-order valence-corrected chi connectivity index (χ0v) is 18.7. The Labute approximate surface area is 186 Å². The second kappa shape index (κ2) is 10.9. The Kier molecular flexibility index (Phi) is 8.56. The highest BCUT2D eigenvalue weighted by Gasteiger charge is 2.08. The van der Waals surface area contributed by atoms with Crippen LogP contribution in [0.2, 0.25) is 0 Å². The van der Waals surface area contributed by atoms with Crippen LogP contribution in [0.4, 0.5) is 8.78 Å². The second-order valence-corrected chi connectivity index (χ2v) is 6.36. The molecule has 0 spiro atoms. The van der Waals surface area contributed by atoms with Gasteiger partial charge in [0.1, 0.15) is 17.5 Å². The van der Waals surface area contributed by atoms with Crippen LogP contribution >= 0.6 is 24.0 Å². The highest BCUT2D eigenvalue weighted by molar-refractivity contribution is 14.0. The van der Waals surface area contributed by atoms with Crippen LogP contribution in [0.1, 0.15) is 17.0 Å². The summed E-state index contributed by atoms with van der Waals surface area (Å²) in [6.45, 7) is 2.92. The summed E-state index contributed by atoms with van der Waals surface area (Å²) in [6, 6.07) is 11.5. The van der Waals surface area contributed by atoms with Crippen molar-refractivity contribution in [1.82, 2.24) is 20.2 Å². The minimum Gasteiger partial charge on any atom is -0.356 e. The summed E-state index contributed by atoms with van der Waals surface area (Å²) in [5.74, 6) is 0.808. The van der Waals surface area contributed by atoms with Crippen molar-refractivity contribution in [2.45, 2.75) is 19.9 Å². The number of hydrogen-bond donors (Lipinski definition) is 2. The number of benzene rings is 2. The molecule has 1 heterocycles. The summed E-state index contributed by atoms with van der Waals surface area (Å²) < 4.78 is 29.1. The van der Waals surface area contributed by atoms with Gasteiger partial charge in [-0.25, -0.2) is 13.8 Å². The average Bonchev–Trinajstić information content (AvgIpc) is 3.11. The third kappa shape index (κ3) is 6.25. The molecule has 0 unspecified atom stereocenters. The molecule has 1 aromatic heterocycles. The van der Waals surface area contributed by atoms with Gasteiger partial charge in [0.05, 0.1) is 5.69 Å². The monoisotopic (exact) mass is 511 g/mol. The standard InChI is InChI=1S/C21H23F2N5.HI/c1-15-25-11-12-28(15)20-8-5-17(13-19(20)23)14-27-21(24-2)26-10-9-16-3-6-18(22)7-4-16;/h3-8,11-13H,9-10,14H2,1-2H3,(H2,24,26,27);1H. The molecule has 0 atom stereocenters. The lowest BCUT2D eigenvalue weighted by molar-refractivity contribution is 0.613. The SMILES string of the molecule is CN=C(NCCc1ccc(F)cc1)NCc1ccc(-n2ccnc2C)c(F)c1.I. The Balaban J connectivity index is 0.00000300. The Morgan fingerprint density at radius 1 is 1.07 bits per heavy atom. The number of aromatic nitrogens is 2. The third-order valence-electron chi connectivity index (χ3n) is 4.40. The molecule has 0 fully saturated rings. The molecular weight excluding hydrogens is 487 g/mol. The number of rotatable bonds is 6. The van der Waals surface area contributed by atoms with Gasteiger partial charge in [0.2, 0.25) is 0 Å². The molecular formula is C21H24F2IN5. The smallest absolute Gasteiger partial charge is 0.191 e. The molecule has 2 N–H and O–H groups in total. The fourth-order valence-electron chi connectivity index (χ4n) is 2.87. The van der Waals surface area contributed by atoms with E-state index in [4.69, 9.17) is 0 Å². The topological polar surface area (TPSA) is 54.2 Å². The second-order valence-electron chi connectivity index (χ2n) is 6.36. The lowest BCUT2D eigenvalue weighted by Gasteiger charge is -2.13. The first-order chi connectivity index (χ1) is 13.6. The highest BCUT2D eigenvalue weighted by Crippen LogP contribution is 2.16. The minimum absolute atomic E-state index is 0. The van der Waals surface area contributed by atoms with Gasteiger partial charge in [-0.3, -0.25) is 4.99 Å². The molecule has 154 valence electrons. The first-order valence-corrected chi connectivity index (χ1v) is 9.04. The molecule has 29 heavy (non-hydrogen) atoms. The molecule has 3 rings (SSSR count). The number of halogens is 3. The van der Waals surface area contributed by atoms with Gasteiger partial charge in [-0.1, -0.05) is 18.2 Å². The molecule has 0 amide bonds. The van der Waals surface area contributed by atoms with Crippen molar-refractivity contribution in [3.8, 4) is 5.69 Å². The van der Waals surface area contributed by atoms with Crippen LogP contribution in [0.15, 0.2) is 59.9 Å². The van der Waals surface area contributed by atoms with Gasteiger partial charge in [-0.2, -0.15) is 0 Å². The molecule has 5 nitrogen and oxygen atoms in total. The molecule has 0 saturated heterocycles. The molecule has 0 bridgehead atoms. The third-order valence-corrected chi connectivity index (χ3v) is 4.40. The lowest BCUT2D eigenvalue weighted by Crippen LogP contribution is -2.37. The van der Waals surface area contributed by atoms with Crippen molar-refractivity contribution in [2.24, 2.45) is 4.99 Å². The minimum atomic E-state index is -0.306. The van der Waals surface area contributed by atoms with Crippen molar-refractivity contribution in [3.05, 3.63) is 83.4 Å². The van der Waals surface area contributed by atoms with Gasteiger partial charge < -0.3 is 15.2 Å². The largest absolute Gasteiger partial charge is 0.356 e. The van der Waals surface area contributed by atoms with Gasteiger partial charge in [0, 0.05) is 32.5 Å². The average molecular weight is 511 g/mol. The van der Waals surface area contributed by atoms with E-state index < -0.39 is 0 Å². The Morgan fingerprint density at radius 3 is 2.41 bits per heavy atom. The van der Waals surface area contributed by atoms with Crippen LogP contribution in [0.3, 0.4) is 0 Å². The zero-order chi connectivity index (χ0) is 19.9. The normalized spacial score (nSPS) is 11.1. The van der Waals surface area contributed by atoms with E-state index in [1.807, 2.05) is 13.0 Å². The van der Waals surface area contributed by atoms with Crippen LogP contribution in [-0.2, 0) is 13.0 Å². The number of nitrogens with zero attached hydrogens (tertiary/aromatic N) is 3. The molecule has 2 aromatic carbocycles. The van der Waals surface area contributed by atoms with Crippen molar-refractivity contribution < 1.29 is 8.78 Å². The van der Waals surface area contributed by atoms with Crippen molar-refractivity contribution in [2.75, 3.05) is 13.6 Å². The van der Waals surface area contributed by atoms with Gasteiger partial charge >= 0.3 is 0 Å². The van der Waals surface area contributed by atoms with Crippen molar-refractivity contribution >= 4 is 29.9 Å². The first-order valence-electron chi connectivity index (χ1n) is 9.04. The fourth-order valence-corrected chi connectivity index (χ4v) is 2.87. The predicted molar refractivity (Wildman–Crippen MR) is 122 cm³/mol. The number of nitrogens with one attached hydrogen (secondary N) is 2. The summed E-state index contributed by atoms with van der Waals surface area (Å²) >= 11 is 0. The van der Waals surface area contributed by atoms with Crippen LogP contribution in [0, 0.1) is 18.6 Å². The van der Waals surface area contributed by atoms with Crippen LogP contribution < -0.4 is 10.6 Å². The van der Waals surface area contributed by atoms with E-state index in [9.17, 15) is 8.78 Å². The number of hydrogen-bond acceptors (Lipinski definition) is 2. The summed E-state index contributed by atoms with van der Waals surface area (Å²) in [4.78, 5) is 8.29. The van der Waals surface area contributed by atoms with E-state index in [-0.39, 0.29) is 35.6 Å². The molecule has 0 saturated carbocycles. The van der Waals surface area contributed by atoms with E-state index in [0.717, 1.165) is 23.4 Å². The Bertz CT molecular complexity index is 954. The number of aryl methyl sites for hydroxylation is 1. The van der Waals surface area contributed by atoms with Crippen LogP contribution in [0.5, 0.6) is 0 Å². The molecule has 0 aliphatic rings. The molecule has 0 aliphatic carbocycles. The van der Waals surface area contributed by atoms with Crippen molar-refractivity contribution in [3.63, 3.8) is 0 Å². The van der Waals surface area contributed by atoms with E-state index in [1.54, 1.807) is 42.2 Å². The van der Waals surface area contributed by atoms with E-state index >= 15 is 0 Å². The lowest BCUT2D eigenvalue weighted by atomic mass is 10.1. The number of guanidine groups is 1. The van der Waals surface area contributed by atoms with Gasteiger partial charge in [-0.05, 0) is 48.7 Å². The van der Waals surface area contributed by atoms with Gasteiger partial charge in [0.25, 0.3) is 0 Å². The Morgan fingerprint density at radius 2 is 1.79 bits per heavy atom. The quantitative estimate of drug-likeness (QED) is 0.299. The molecule has 0 aliphatic heterocycles. The number of aliphatic imine (C=N–C) groups is 1. The highest BCUT2D eigenvalue weighted by atomic mass is 127. The van der Waals surface area contributed by atoms with Crippen molar-refractivity contribution in [1.29, 1.82) is 0 Å². The maximum Gasteiger partial charge on any atom is 0.191 e. The molecule has 8 heteroatoms. The van der Waals surface area contributed by atoms with E-state index in [1.165, 1.54) is 18.2 Å². The summed E-state index contributed by atoms with van der Waals surface area (Å²) in [5, 5.41) is 6.36. The summed E-state index contributed by atoms with van der Waals surface area (Å²) in [7, 11) is 1.68. The summed E-state index contributed by atoms with van der Waals surface area (Å²) in [6.07, 6.45) is 4.12.